The third-order valence-corrected chi connectivity index (χ3v) is 5.53. The zero-order valence-electron chi connectivity index (χ0n) is 19.5. The van der Waals surface area contributed by atoms with Gasteiger partial charge in [-0.3, -0.25) is 29.1 Å². The Kier molecular flexibility index (Phi) is 15.8. The number of carbonyl (C=O) groups is 3. The third kappa shape index (κ3) is 12.2. The minimum absolute atomic E-state index is 0.0459. The number of rotatable bonds is 20. The van der Waals surface area contributed by atoms with Crippen molar-refractivity contribution in [2.45, 2.75) is 51.0 Å². The molecule has 0 aliphatic heterocycles. The molecule has 0 aliphatic rings. The maximum absolute atomic E-state index is 11.9. The summed E-state index contributed by atoms with van der Waals surface area (Å²) in [7, 11) is 0. The lowest BCUT2D eigenvalue weighted by molar-refractivity contribution is -0.138. The molecule has 2 amide bonds. The maximum atomic E-state index is 11.9. The first kappa shape index (κ1) is 31.1. The molecule has 9 N–H and O–H groups in total. The van der Waals surface area contributed by atoms with E-state index in [1.807, 2.05) is 0 Å². The molecule has 4 atom stereocenters. The molecule has 0 aliphatic carbocycles. The van der Waals surface area contributed by atoms with E-state index in [0.29, 0.717) is 13.1 Å². The largest absolute Gasteiger partial charge is 0.480 e. The standard InChI is InChI=1S/C20H41N5O8/c1-3-24(16(19(21)32)9-14(28)12-26)7-5-23(11-18(30)31)6-8-25(4-2)17(20(22)33)10-15(29)13-27/h14-17,26-29H,3-13H2,1-2H3,(H2,21,32)(H2,22,33)(H,30,31). The number of aliphatic hydroxyl groups is 4. The highest BCUT2D eigenvalue weighted by molar-refractivity contribution is 5.80. The molecule has 0 spiro atoms. The fraction of sp³-hybridized carbons (Fsp3) is 0.850. The van der Waals surface area contributed by atoms with E-state index in [1.54, 1.807) is 28.5 Å². The van der Waals surface area contributed by atoms with E-state index in [4.69, 9.17) is 21.7 Å². The first-order valence-corrected chi connectivity index (χ1v) is 11.1. The Labute approximate surface area is 194 Å². The molecular formula is C20H41N5O8. The summed E-state index contributed by atoms with van der Waals surface area (Å²) in [6, 6.07) is -1.65. The van der Waals surface area contributed by atoms with E-state index in [1.165, 1.54) is 0 Å². The zero-order valence-corrected chi connectivity index (χ0v) is 19.5. The molecule has 0 saturated carbocycles. The number of aliphatic carboxylic acids is 1. The Morgan fingerprint density at radius 2 is 1.12 bits per heavy atom. The second-order valence-corrected chi connectivity index (χ2v) is 7.91. The van der Waals surface area contributed by atoms with Crippen molar-refractivity contribution < 1.29 is 39.9 Å². The minimum Gasteiger partial charge on any atom is -0.480 e. The molecule has 13 nitrogen and oxygen atoms in total. The van der Waals surface area contributed by atoms with Crippen LogP contribution in [-0.2, 0) is 14.4 Å². The molecule has 0 radical (unpaired) electrons. The van der Waals surface area contributed by atoms with Gasteiger partial charge in [0.15, 0.2) is 0 Å². The van der Waals surface area contributed by atoms with Crippen LogP contribution in [0.3, 0.4) is 0 Å². The molecule has 0 fully saturated rings. The van der Waals surface area contributed by atoms with E-state index in [-0.39, 0.29) is 45.6 Å². The van der Waals surface area contributed by atoms with E-state index in [9.17, 15) is 29.7 Å². The van der Waals surface area contributed by atoms with Gasteiger partial charge in [0, 0.05) is 39.0 Å². The first-order valence-electron chi connectivity index (χ1n) is 11.1. The van der Waals surface area contributed by atoms with Crippen molar-refractivity contribution in [1.82, 2.24) is 14.7 Å². The van der Waals surface area contributed by atoms with Gasteiger partial charge in [-0.2, -0.15) is 0 Å². The van der Waals surface area contributed by atoms with E-state index < -0.39 is 55.3 Å². The molecule has 0 aromatic carbocycles. The molecule has 0 aromatic rings. The molecule has 13 heteroatoms. The van der Waals surface area contributed by atoms with Crippen LogP contribution in [0.4, 0.5) is 0 Å². The number of hydrogen-bond donors (Lipinski definition) is 7. The number of carbonyl (C=O) groups excluding carboxylic acids is 2. The molecule has 0 bridgehead atoms. The van der Waals surface area contributed by atoms with Gasteiger partial charge in [0.25, 0.3) is 0 Å². The topological polar surface area (TPSA) is 214 Å². The lowest BCUT2D eigenvalue weighted by Gasteiger charge is -2.34. The van der Waals surface area contributed by atoms with Gasteiger partial charge in [0.2, 0.25) is 11.8 Å². The van der Waals surface area contributed by atoms with Crippen molar-refractivity contribution in [1.29, 1.82) is 0 Å². The van der Waals surface area contributed by atoms with Crippen molar-refractivity contribution >= 4 is 17.8 Å². The van der Waals surface area contributed by atoms with Crippen molar-refractivity contribution in [3.05, 3.63) is 0 Å². The average molecular weight is 480 g/mol. The van der Waals surface area contributed by atoms with Crippen LogP contribution in [-0.4, -0.2) is 141 Å². The number of primary amides is 2. The number of hydrogen-bond acceptors (Lipinski definition) is 10. The van der Waals surface area contributed by atoms with Crippen molar-refractivity contribution in [3.63, 3.8) is 0 Å². The van der Waals surface area contributed by atoms with Crippen LogP contribution < -0.4 is 11.5 Å². The smallest absolute Gasteiger partial charge is 0.317 e. The summed E-state index contributed by atoms with van der Waals surface area (Å²) in [6.07, 6.45) is -2.31. The summed E-state index contributed by atoms with van der Waals surface area (Å²) in [4.78, 5) is 40.1. The molecule has 194 valence electrons. The normalized spacial score (nSPS) is 15.5. The number of carboxylic acids is 1. The Balaban J connectivity index is 5.25. The van der Waals surface area contributed by atoms with Crippen LogP contribution in [0.15, 0.2) is 0 Å². The highest BCUT2D eigenvalue weighted by atomic mass is 16.4. The van der Waals surface area contributed by atoms with Gasteiger partial charge < -0.3 is 37.0 Å². The van der Waals surface area contributed by atoms with Crippen molar-refractivity contribution in [3.8, 4) is 0 Å². The van der Waals surface area contributed by atoms with Gasteiger partial charge >= 0.3 is 5.97 Å². The van der Waals surface area contributed by atoms with Gasteiger partial charge in [0.05, 0.1) is 44.1 Å². The summed E-state index contributed by atoms with van der Waals surface area (Å²) in [5.41, 5.74) is 10.9. The first-order chi connectivity index (χ1) is 15.5. The van der Waals surface area contributed by atoms with Gasteiger partial charge in [-0.15, -0.1) is 0 Å². The number of nitrogens with zero attached hydrogens (tertiary/aromatic N) is 3. The van der Waals surface area contributed by atoms with Gasteiger partial charge in [0.1, 0.15) is 0 Å². The second kappa shape index (κ2) is 16.7. The van der Waals surface area contributed by atoms with Crippen LogP contribution in [0.25, 0.3) is 0 Å². The number of aliphatic hydroxyl groups excluding tert-OH is 4. The van der Waals surface area contributed by atoms with Crippen molar-refractivity contribution in [2.24, 2.45) is 11.5 Å². The number of amides is 2. The number of likely N-dealkylation sites (N-methyl/N-ethyl adjacent to an activating group) is 2. The summed E-state index contributed by atoms with van der Waals surface area (Å²) in [5, 5.41) is 46.9. The monoisotopic (exact) mass is 479 g/mol. The van der Waals surface area contributed by atoms with Crippen LogP contribution >= 0.6 is 0 Å². The molecule has 0 saturated heterocycles. The van der Waals surface area contributed by atoms with Gasteiger partial charge in [-0.05, 0) is 13.1 Å². The lowest BCUT2D eigenvalue weighted by Crippen LogP contribution is -2.51. The summed E-state index contributed by atoms with van der Waals surface area (Å²) < 4.78 is 0. The summed E-state index contributed by atoms with van der Waals surface area (Å²) in [5.74, 6) is -2.36. The number of nitrogens with two attached hydrogens (primary N) is 2. The third-order valence-electron chi connectivity index (χ3n) is 5.53. The van der Waals surface area contributed by atoms with Crippen LogP contribution in [0.5, 0.6) is 0 Å². The van der Waals surface area contributed by atoms with Gasteiger partial charge in [-0.25, -0.2) is 0 Å². The predicted molar refractivity (Wildman–Crippen MR) is 120 cm³/mol. The highest BCUT2D eigenvalue weighted by Crippen LogP contribution is 2.10. The maximum Gasteiger partial charge on any atom is 0.317 e. The molecule has 33 heavy (non-hydrogen) atoms. The lowest BCUT2D eigenvalue weighted by atomic mass is 10.1. The Bertz CT molecular complexity index is 555. The highest BCUT2D eigenvalue weighted by Gasteiger charge is 2.28. The van der Waals surface area contributed by atoms with Crippen LogP contribution in [0.2, 0.25) is 0 Å². The quantitative estimate of drug-likeness (QED) is 0.0899. The molecule has 0 heterocycles. The second-order valence-electron chi connectivity index (χ2n) is 7.91. The van der Waals surface area contributed by atoms with Crippen molar-refractivity contribution in [2.75, 3.05) is 59.0 Å². The molecule has 4 unspecified atom stereocenters. The van der Waals surface area contributed by atoms with E-state index >= 15 is 0 Å². The zero-order chi connectivity index (χ0) is 25.6. The van der Waals surface area contributed by atoms with E-state index in [2.05, 4.69) is 0 Å². The fourth-order valence-electron chi connectivity index (χ4n) is 3.62. The molecule has 0 aromatic heterocycles. The predicted octanol–water partition coefficient (Wildman–Crippen LogP) is -3.79. The summed E-state index contributed by atoms with van der Waals surface area (Å²) >= 11 is 0. The van der Waals surface area contributed by atoms with E-state index in [0.717, 1.165) is 0 Å². The molecule has 0 rings (SSSR count). The SMILES string of the molecule is CCN(CCN(CCN(CC)C(CC(O)CO)C(N)=O)CC(=O)O)C(CC(O)CO)C(N)=O. The minimum atomic E-state index is -1.11. The summed E-state index contributed by atoms with van der Waals surface area (Å²) in [6.45, 7) is 4.21. The molecular weight excluding hydrogens is 438 g/mol. The Morgan fingerprint density at radius 3 is 1.36 bits per heavy atom. The Morgan fingerprint density at radius 1 is 0.758 bits per heavy atom. The Hall–Kier alpha value is -1.87. The number of carboxylic acid groups (broad SMARTS) is 1. The average Bonchev–Trinajstić information content (AvgIpc) is 2.76. The van der Waals surface area contributed by atoms with Crippen LogP contribution in [0.1, 0.15) is 26.7 Å². The van der Waals surface area contributed by atoms with Gasteiger partial charge in [-0.1, -0.05) is 13.8 Å². The van der Waals surface area contributed by atoms with Crippen LogP contribution in [0, 0.1) is 0 Å². The fourth-order valence-corrected chi connectivity index (χ4v) is 3.62.